The van der Waals surface area contributed by atoms with Crippen LogP contribution in [0.3, 0.4) is 0 Å². The summed E-state index contributed by atoms with van der Waals surface area (Å²) in [5, 5.41) is 9.27. The van der Waals surface area contributed by atoms with Crippen LogP contribution in [0.1, 0.15) is 42.3 Å². The smallest absolute Gasteiger partial charge is 0.251 e. The molecule has 2 rings (SSSR count). The fourth-order valence-electron chi connectivity index (χ4n) is 2.80. The molecular weight excluding hydrogens is 491 g/mol. The number of halogens is 1. The highest BCUT2D eigenvalue weighted by Gasteiger charge is 2.04. The summed E-state index contributed by atoms with van der Waals surface area (Å²) in [5.41, 5.74) is 2.90. The molecule has 30 heavy (non-hydrogen) atoms. The lowest BCUT2D eigenvalue weighted by Crippen LogP contribution is -2.38. The Morgan fingerprint density at radius 3 is 2.43 bits per heavy atom. The van der Waals surface area contributed by atoms with Crippen molar-refractivity contribution in [2.45, 2.75) is 39.8 Å². The van der Waals surface area contributed by atoms with Crippen molar-refractivity contribution in [3.63, 3.8) is 0 Å². The van der Waals surface area contributed by atoms with E-state index in [2.05, 4.69) is 20.9 Å². The Labute approximate surface area is 196 Å². The molecule has 0 aliphatic heterocycles. The van der Waals surface area contributed by atoms with Gasteiger partial charge >= 0.3 is 0 Å². The van der Waals surface area contributed by atoms with E-state index >= 15 is 0 Å². The van der Waals surface area contributed by atoms with Crippen LogP contribution in [0.15, 0.2) is 53.5 Å². The average molecular weight is 524 g/mol. The van der Waals surface area contributed by atoms with Crippen LogP contribution < -0.4 is 20.7 Å². The summed E-state index contributed by atoms with van der Waals surface area (Å²) in [4.78, 5) is 16.4. The maximum absolute atomic E-state index is 11.8. The minimum atomic E-state index is -0.0699. The molecule has 0 atom stereocenters. The van der Waals surface area contributed by atoms with Crippen molar-refractivity contribution in [3.8, 4) is 5.75 Å². The normalized spacial score (nSPS) is 10.9. The van der Waals surface area contributed by atoms with Crippen molar-refractivity contribution in [3.05, 3.63) is 65.2 Å². The van der Waals surface area contributed by atoms with Gasteiger partial charge in [0.25, 0.3) is 5.91 Å². The molecule has 6 nitrogen and oxygen atoms in total. The molecule has 0 spiro atoms. The van der Waals surface area contributed by atoms with Gasteiger partial charge in [-0.1, -0.05) is 24.3 Å². The summed E-state index contributed by atoms with van der Waals surface area (Å²) < 4.78 is 5.67. The Balaban J connectivity index is 0.00000450. The fourth-order valence-corrected chi connectivity index (χ4v) is 2.80. The van der Waals surface area contributed by atoms with Gasteiger partial charge in [0.05, 0.1) is 12.6 Å². The first kappa shape index (κ1) is 25.7. The summed E-state index contributed by atoms with van der Waals surface area (Å²) in [5.74, 6) is 1.58. The Hall–Kier alpha value is -2.29. The van der Waals surface area contributed by atoms with Crippen molar-refractivity contribution in [2.75, 3.05) is 20.1 Å². The molecule has 0 unspecified atom stereocenters. The molecule has 2 aromatic carbocycles. The summed E-state index contributed by atoms with van der Waals surface area (Å²) >= 11 is 0. The number of guanidine groups is 1. The topological polar surface area (TPSA) is 74.8 Å². The van der Waals surface area contributed by atoms with Gasteiger partial charge < -0.3 is 20.7 Å². The van der Waals surface area contributed by atoms with Gasteiger partial charge in [0.2, 0.25) is 0 Å². The highest BCUT2D eigenvalue weighted by Crippen LogP contribution is 2.14. The minimum absolute atomic E-state index is 0. The summed E-state index contributed by atoms with van der Waals surface area (Å²) in [7, 11) is 1.64. The minimum Gasteiger partial charge on any atom is -0.491 e. The fraction of sp³-hybridized carbons (Fsp3) is 0.391. The van der Waals surface area contributed by atoms with Gasteiger partial charge in [-0.25, -0.2) is 4.99 Å². The second-order valence-corrected chi connectivity index (χ2v) is 6.96. The number of hydrogen-bond donors (Lipinski definition) is 3. The van der Waals surface area contributed by atoms with Gasteiger partial charge in [0, 0.05) is 25.7 Å². The maximum Gasteiger partial charge on any atom is 0.251 e. The molecule has 0 aliphatic rings. The Kier molecular flexibility index (Phi) is 11.9. The van der Waals surface area contributed by atoms with Gasteiger partial charge in [-0.05, 0) is 62.6 Å². The van der Waals surface area contributed by atoms with Gasteiger partial charge in [0.1, 0.15) is 5.75 Å². The summed E-state index contributed by atoms with van der Waals surface area (Å²) in [6, 6.07) is 15.7. The van der Waals surface area contributed by atoms with Crippen LogP contribution in [-0.4, -0.2) is 38.1 Å². The predicted octanol–water partition coefficient (Wildman–Crippen LogP) is 3.75. The molecule has 3 N–H and O–H groups in total. The number of aliphatic imine (C=N–C) groups is 1. The SMILES string of the molecule is CCNC(=NCc1ccc(OC(C)C)cc1)NCCc1cccc(C(=O)NC)c1.I. The number of nitrogens with one attached hydrogen (secondary N) is 3. The monoisotopic (exact) mass is 524 g/mol. The molecule has 0 radical (unpaired) electrons. The van der Waals surface area contributed by atoms with Crippen LogP contribution in [-0.2, 0) is 13.0 Å². The second kappa shape index (κ2) is 13.8. The molecule has 7 heteroatoms. The Bertz CT molecular complexity index is 807. The van der Waals surface area contributed by atoms with Gasteiger partial charge in [0.15, 0.2) is 5.96 Å². The van der Waals surface area contributed by atoms with Crippen LogP contribution in [0, 0.1) is 0 Å². The molecule has 0 bridgehead atoms. The summed E-state index contributed by atoms with van der Waals surface area (Å²) in [6.45, 7) is 8.18. The van der Waals surface area contributed by atoms with E-state index in [1.807, 2.05) is 69.3 Å². The Morgan fingerprint density at radius 2 is 1.80 bits per heavy atom. The van der Waals surface area contributed by atoms with E-state index in [0.29, 0.717) is 12.1 Å². The van der Waals surface area contributed by atoms with Crippen LogP contribution in [0.25, 0.3) is 0 Å². The first-order chi connectivity index (χ1) is 14.0. The molecule has 2 aromatic rings. The van der Waals surface area contributed by atoms with Crippen molar-refractivity contribution in [1.29, 1.82) is 0 Å². The number of ether oxygens (including phenoxy) is 1. The lowest BCUT2D eigenvalue weighted by molar-refractivity contribution is 0.0963. The zero-order valence-electron chi connectivity index (χ0n) is 18.2. The molecule has 0 heterocycles. The molecular formula is C23H33IN4O2. The molecule has 0 saturated heterocycles. The largest absolute Gasteiger partial charge is 0.491 e. The third kappa shape index (κ3) is 9.02. The molecule has 164 valence electrons. The summed E-state index contributed by atoms with van der Waals surface area (Å²) in [6.07, 6.45) is 0.969. The van der Waals surface area contributed by atoms with E-state index in [1.165, 1.54) is 0 Å². The van der Waals surface area contributed by atoms with E-state index < -0.39 is 0 Å². The van der Waals surface area contributed by atoms with E-state index in [9.17, 15) is 4.79 Å². The molecule has 0 aromatic heterocycles. The Morgan fingerprint density at radius 1 is 1.07 bits per heavy atom. The average Bonchev–Trinajstić information content (AvgIpc) is 2.72. The van der Waals surface area contributed by atoms with Crippen LogP contribution >= 0.6 is 24.0 Å². The number of amides is 1. The van der Waals surface area contributed by atoms with Gasteiger partial charge in [-0.3, -0.25) is 4.79 Å². The molecule has 1 amide bonds. The van der Waals surface area contributed by atoms with Crippen molar-refractivity contribution in [2.24, 2.45) is 4.99 Å². The highest BCUT2D eigenvalue weighted by molar-refractivity contribution is 14.0. The first-order valence-corrected chi connectivity index (χ1v) is 10.1. The van der Waals surface area contributed by atoms with E-state index in [4.69, 9.17) is 4.74 Å². The predicted molar refractivity (Wildman–Crippen MR) is 134 cm³/mol. The zero-order chi connectivity index (χ0) is 21.1. The third-order valence-corrected chi connectivity index (χ3v) is 4.18. The number of nitrogens with zero attached hydrogens (tertiary/aromatic N) is 1. The van der Waals surface area contributed by atoms with Gasteiger partial charge in [-0.2, -0.15) is 0 Å². The van der Waals surface area contributed by atoms with Crippen molar-refractivity contribution < 1.29 is 9.53 Å². The van der Waals surface area contributed by atoms with Crippen LogP contribution in [0.4, 0.5) is 0 Å². The number of benzene rings is 2. The zero-order valence-corrected chi connectivity index (χ0v) is 20.5. The maximum atomic E-state index is 11.8. The number of carbonyl (C=O) groups excluding carboxylic acids is 1. The van der Waals surface area contributed by atoms with Crippen molar-refractivity contribution in [1.82, 2.24) is 16.0 Å². The van der Waals surface area contributed by atoms with Gasteiger partial charge in [-0.15, -0.1) is 24.0 Å². The highest BCUT2D eigenvalue weighted by atomic mass is 127. The standard InChI is InChI=1S/C23H32N4O2.HI/c1-5-25-23(27-16-19-9-11-21(12-10-19)29-17(2)3)26-14-13-18-7-6-8-20(15-18)22(28)24-4;/h6-12,15,17H,5,13-14,16H2,1-4H3,(H,24,28)(H2,25,26,27);1H. The van der Waals surface area contributed by atoms with Crippen LogP contribution in [0.5, 0.6) is 5.75 Å². The lowest BCUT2D eigenvalue weighted by atomic mass is 10.1. The molecule has 0 fully saturated rings. The van der Waals surface area contributed by atoms with E-state index in [1.54, 1.807) is 7.05 Å². The van der Waals surface area contributed by atoms with Crippen LogP contribution in [0.2, 0.25) is 0 Å². The molecule has 0 saturated carbocycles. The second-order valence-electron chi connectivity index (χ2n) is 6.96. The lowest BCUT2D eigenvalue weighted by Gasteiger charge is -2.12. The number of rotatable bonds is 9. The molecule has 0 aliphatic carbocycles. The van der Waals surface area contributed by atoms with E-state index in [-0.39, 0.29) is 36.0 Å². The third-order valence-electron chi connectivity index (χ3n) is 4.18. The van der Waals surface area contributed by atoms with E-state index in [0.717, 1.165) is 42.3 Å². The number of hydrogen-bond acceptors (Lipinski definition) is 3. The quantitative estimate of drug-likeness (QED) is 0.266. The first-order valence-electron chi connectivity index (χ1n) is 10.1. The number of carbonyl (C=O) groups is 1. The van der Waals surface area contributed by atoms with Crippen molar-refractivity contribution >= 4 is 35.8 Å².